The Morgan fingerprint density at radius 3 is 1.85 bits per heavy atom. The van der Waals surface area contributed by atoms with Crippen molar-refractivity contribution in [3.05, 3.63) is 215 Å². The Morgan fingerprint density at radius 2 is 1.11 bits per heavy atom. The molecule has 7 aromatic rings. The molecule has 0 bridgehead atoms. The molecular formula is C52H37NO. The van der Waals surface area contributed by atoms with Gasteiger partial charge >= 0.3 is 0 Å². The Morgan fingerprint density at radius 1 is 0.537 bits per heavy atom. The highest BCUT2D eigenvalue weighted by Crippen LogP contribution is 2.65. The van der Waals surface area contributed by atoms with Gasteiger partial charge in [0.05, 0.1) is 11.1 Å². The molecule has 1 unspecified atom stereocenters. The largest absolute Gasteiger partial charge is 0.461 e. The first kappa shape index (κ1) is 30.1. The standard InChI is InChI=1S/C52H37NO/c1-51(2)41-19-8-3-14-34(41)37-28-26-32(30-46(37)51)53(33-27-29-39-38-17-7-12-25-48(38)54-49(39)31-33)47-24-13-23-45-50(47)40-18-6-11-22-44(40)52(45)42-20-9-4-15-35(42)36-16-5-10-21-43(36)52/h3-16,18-31,38H,17H2,1-2H3. The molecule has 0 amide bonds. The molecule has 1 spiro atoms. The fraction of sp³-hybridized carbons (Fsp3) is 0.115. The number of hydrogen-bond acceptors (Lipinski definition) is 2. The number of allylic oxidation sites excluding steroid dienone is 4. The van der Waals surface area contributed by atoms with Crippen LogP contribution in [0.2, 0.25) is 0 Å². The monoisotopic (exact) mass is 691 g/mol. The van der Waals surface area contributed by atoms with Crippen LogP contribution in [0.1, 0.15) is 65.1 Å². The summed E-state index contributed by atoms with van der Waals surface area (Å²) in [7, 11) is 0. The normalized spacial score (nSPS) is 17.7. The Bertz CT molecular complexity index is 2790. The van der Waals surface area contributed by atoms with Crippen molar-refractivity contribution >= 4 is 17.1 Å². The highest BCUT2D eigenvalue weighted by Gasteiger charge is 2.52. The topological polar surface area (TPSA) is 12.5 Å². The summed E-state index contributed by atoms with van der Waals surface area (Å²) >= 11 is 0. The van der Waals surface area contributed by atoms with E-state index in [4.69, 9.17) is 4.74 Å². The lowest BCUT2D eigenvalue weighted by Gasteiger charge is -2.32. The summed E-state index contributed by atoms with van der Waals surface area (Å²) in [6.45, 7) is 4.74. The van der Waals surface area contributed by atoms with Crippen LogP contribution < -0.4 is 9.64 Å². The molecule has 2 nitrogen and oxygen atoms in total. The summed E-state index contributed by atoms with van der Waals surface area (Å²) < 4.78 is 6.61. The first-order valence-corrected chi connectivity index (χ1v) is 19.2. The predicted molar refractivity (Wildman–Crippen MR) is 220 cm³/mol. The van der Waals surface area contributed by atoms with Gasteiger partial charge in [-0.05, 0) is 98.0 Å². The Kier molecular flexibility index (Phi) is 5.92. The number of benzene rings is 7. The van der Waals surface area contributed by atoms with Crippen LogP contribution in [0.4, 0.5) is 17.1 Å². The smallest absolute Gasteiger partial charge is 0.132 e. The fourth-order valence-corrected chi connectivity index (χ4v) is 10.7. The van der Waals surface area contributed by atoms with Crippen LogP contribution in [0.25, 0.3) is 33.4 Å². The third-order valence-corrected chi connectivity index (χ3v) is 13.0. The molecule has 1 atom stereocenters. The summed E-state index contributed by atoms with van der Waals surface area (Å²) in [6, 6.07) is 57.1. The highest BCUT2D eigenvalue weighted by molar-refractivity contribution is 6.01. The third kappa shape index (κ3) is 3.70. The lowest BCUT2D eigenvalue weighted by Crippen LogP contribution is -2.26. The van der Waals surface area contributed by atoms with E-state index in [1.807, 2.05) is 0 Å². The van der Waals surface area contributed by atoms with Gasteiger partial charge in [-0.25, -0.2) is 0 Å². The second-order valence-corrected chi connectivity index (χ2v) is 15.9. The van der Waals surface area contributed by atoms with Gasteiger partial charge in [-0.2, -0.15) is 0 Å². The molecule has 1 heterocycles. The van der Waals surface area contributed by atoms with Crippen molar-refractivity contribution in [3.63, 3.8) is 0 Å². The van der Waals surface area contributed by atoms with E-state index < -0.39 is 5.41 Å². The predicted octanol–water partition coefficient (Wildman–Crippen LogP) is 13.1. The van der Waals surface area contributed by atoms with Crippen LogP contribution in [0, 0.1) is 0 Å². The minimum atomic E-state index is -0.418. The molecule has 0 radical (unpaired) electrons. The molecule has 0 fully saturated rings. The van der Waals surface area contributed by atoms with E-state index in [-0.39, 0.29) is 11.3 Å². The van der Waals surface area contributed by atoms with E-state index in [0.29, 0.717) is 0 Å². The zero-order valence-electron chi connectivity index (χ0n) is 30.3. The number of rotatable bonds is 3. The second-order valence-electron chi connectivity index (χ2n) is 15.9. The number of hydrogen-bond donors (Lipinski definition) is 0. The summed E-state index contributed by atoms with van der Waals surface area (Å²) in [4.78, 5) is 2.50. The molecule has 0 aromatic heterocycles. The molecule has 7 aromatic carbocycles. The van der Waals surface area contributed by atoms with Gasteiger partial charge in [-0.3, -0.25) is 0 Å². The fourth-order valence-electron chi connectivity index (χ4n) is 10.7. The van der Waals surface area contributed by atoms with Crippen molar-refractivity contribution < 1.29 is 4.74 Å². The summed E-state index contributed by atoms with van der Waals surface area (Å²) in [6.07, 6.45) is 7.46. The zero-order valence-corrected chi connectivity index (χ0v) is 30.3. The minimum Gasteiger partial charge on any atom is -0.461 e. The first-order chi connectivity index (χ1) is 26.5. The van der Waals surface area contributed by atoms with Gasteiger partial charge in [-0.15, -0.1) is 0 Å². The van der Waals surface area contributed by atoms with Crippen LogP contribution >= 0.6 is 0 Å². The van der Waals surface area contributed by atoms with Gasteiger partial charge in [0, 0.05) is 39.9 Å². The van der Waals surface area contributed by atoms with E-state index in [1.165, 1.54) is 78.0 Å². The van der Waals surface area contributed by atoms with Crippen molar-refractivity contribution in [2.75, 3.05) is 4.90 Å². The molecule has 4 aliphatic carbocycles. The van der Waals surface area contributed by atoms with Crippen LogP contribution in [-0.2, 0) is 10.8 Å². The van der Waals surface area contributed by atoms with E-state index >= 15 is 0 Å². The SMILES string of the molecule is CC1(C)c2ccccc2-c2ccc(N(c3ccc4c(c3)OC3=CC=CCC34)c3cccc4c3-c3ccccc3C43c4ccccc4-c4ccccc43)cc21. The number of nitrogens with zero attached hydrogens (tertiary/aromatic N) is 1. The molecule has 1 aliphatic heterocycles. The quantitative estimate of drug-likeness (QED) is 0.183. The van der Waals surface area contributed by atoms with Gasteiger partial charge in [0.2, 0.25) is 0 Å². The molecule has 0 N–H and O–H groups in total. The molecule has 256 valence electrons. The van der Waals surface area contributed by atoms with E-state index in [0.717, 1.165) is 29.3 Å². The summed E-state index contributed by atoms with van der Waals surface area (Å²) in [5.41, 5.74) is 20.1. The number of ether oxygens (including phenoxy) is 1. The maximum absolute atomic E-state index is 6.61. The van der Waals surface area contributed by atoms with Crippen LogP contribution in [0.5, 0.6) is 5.75 Å². The van der Waals surface area contributed by atoms with Crippen molar-refractivity contribution in [2.45, 2.75) is 37.0 Å². The molecule has 54 heavy (non-hydrogen) atoms. The van der Waals surface area contributed by atoms with Crippen LogP contribution in [0.15, 0.2) is 176 Å². The molecule has 2 heteroatoms. The van der Waals surface area contributed by atoms with E-state index in [9.17, 15) is 0 Å². The van der Waals surface area contributed by atoms with Crippen LogP contribution in [0.3, 0.4) is 0 Å². The summed E-state index contributed by atoms with van der Waals surface area (Å²) in [5, 5.41) is 0. The highest BCUT2D eigenvalue weighted by atomic mass is 16.5. The zero-order chi connectivity index (χ0) is 35.8. The lowest BCUT2D eigenvalue weighted by atomic mass is 9.70. The van der Waals surface area contributed by atoms with Crippen molar-refractivity contribution in [1.82, 2.24) is 0 Å². The van der Waals surface area contributed by atoms with Gasteiger partial charge in [0.15, 0.2) is 0 Å². The molecule has 12 rings (SSSR count). The van der Waals surface area contributed by atoms with Gasteiger partial charge < -0.3 is 9.64 Å². The molecule has 5 aliphatic rings. The average Bonchev–Trinajstić information content (AvgIpc) is 3.90. The lowest BCUT2D eigenvalue weighted by molar-refractivity contribution is 0.425. The maximum Gasteiger partial charge on any atom is 0.132 e. The summed E-state index contributed by atoms with van der Waals surface area (Å²) in [5.74, 6) is 2.28. The first-order valence-electron chi connectivity index (χ1n) is 19.2. The van der Waals surface area contributed by atoms with Crippen molar-refractivity contribution in [2.24, 2.45) is 0 Å². The average molecular weight is 692 g/mol. The van der Waals surface area contributed by atoms with Gasteiger partial charge in [0.1, 0.15) is 11.5 Å². The molecular weight excluding hydrogens is 655 g/mol. The Balaban J connectivity index is 1.14. The van der Waals surface area contributed by atoms with Gasteiger partial charge in [0.25, 0.3) is 0 Å². The Hall–Kier alpha value is -6.38. The number of fused-ring (bicyclic) bond motifs is 16. The second kappa shape index (κ2) is 10.6. The maximum atomic E-state index is 6.61. The van der Waals surface area contributed by atoms with Crippen LogP contribution in [-0.4, -0.2) is 0 Å². The van der Waals surface area contributed by atoms with Crippen molar-refractivity contribution in [3.8, 4) is 39.1 Å². The van der Waals surface area contributed by atoms with E-state index in [1.54, 1.807) is 0 Å². The van der Waals surface area contributed by atoms with Gasteiger partial charge in [-0.1, -0.05) is 147 Å². The molecule has 0 saturated carbocycles. The number of anilines is 3. The molecule has 0 saturated heterocycles. The third-order valence-electron chi connectivity index (χ3n) is 13.0. The minimum absolute atomic E-state index is 0.129. The van der Waals surface area contributed by atoms with Crippen molar-refractivity contribution in [1.29, 1.82) is 0 Å². The Labute approximate surface area is 316 Å². The van der Waals surface area contributed by atoms with E-state index in [2.05, 4.69) is 189 Å².